The average molecular weight is 365 g/mol. The number of carbonyl (C=O) groups is 2. The Morgan fingerprint density at radius 1 is 1.32 bits per heavy atom. The Kier molecular flexibility index (Phi) is 4.95. The van der Waals surface area contributed by atoms with E-state index < -0.39 is 12.2 Å². The third kappa shape index (κ3) is 3.77. The minimum absolute atomic E-state index is 0.144. The van der Waals surface area contributed by atoms with Crippen molar-refractivity contribution in [2.45, 2.75) is 25.0 Å². The van der Waals surface area contributed by atoms with E-state index in [0.29, 0.717) is 29.2 Å². The lowest BCUT2D eigenvalue weighted by Crippen LogP contribution is -2.35. The lowest BCUT2D eigenvalue weighted by atomic mass is 10.1. The van der Waals surface area contributed by atoms with Crippen LogP contribution < -0.4 is 5.32 Å². The van der Waals surface area contributed by atoms with Gasteiger partial charge in [-0.1, -0.05) is 11.6 Å². The number of aromatic nitrogens is 4. The molecule has 0 bridgehead atoms. The molecule has 0 unspecified atom stereocenters. The summed E-state index contributed by atoms with van der Waals surface area (Å²) in [6.07, 6.45) is 1.13. The van der Waals surface area contributed by atoms with E-state index in [4.69, 9.17) is 16.3 Å². The Morgan fingerprint density at radius 2 is 2.08 bits per heavy atom. The number of carbonyl (C=O) groups excluding carboxylic acids is 2. The molecule has 0 spiro atoms. The molecule has 1 aromatic carbocycles. The summed E-state index contributed by atoms with van der Waals surface area (Å²) in [5, 5.41) is 14.1. The Labute approximate surface area is 148 Å². The molecule has 1 saturated heterocycles. The van der Waals surface area contributed by atoms with Crippen LogP contribution in [0.3, 0.4) is 0 Å². The summed E-state index contributed by atoms with van der Waals surface area (Å²) in [5.74, 6) is -0.487. The molecule has 25 heavy (non-hydrogen) atoms. The topological polar surface area (TPSA) is 102 Å². The summed E-state index contributed by atoms with van der Waals surface area (Å²) in [7, 11) is 3.31. The molecule has 3 rings (SSSR count). The highest BCUT2D eigenvalue weighted by molar-refractivity contribution is 6.33. The number of hydrogen-bond donors (Lipinski definition) is 1. The Bertz CT molecular complexity index is 780. The summed E-state index contributed by atoms with van der Waals surface area (Å²) in [6.45, 7) is 0. The van der Waals surface area contributed by atoms with Crippen LogP contribution >= 0.6 is 11.6 Å². The number of anilines is 1. The van der Waals surface area contributed by atoms with Crippen molar-refractivity contribution in [3.05, 3.63) is 29.5 Å². The van der Waals surface area contributed by atoms with Crippen LogP contribution in [-0.4, -0.2) is 63.2 Å². The molecule has 1 aromatic heterocycles. The van der Waals surface area contributed by atoms with E-state index in [1.807, 2.05) is 0 Å². The summed E-state index contributed by atoms with van der Waals surface area (Å²) in [6, 6.07) is 5.03. The van der Waals surface area contributed by atoms with Gasteiger partial charge in [-0.3, -0.25) is 9.59 Å². The highest BCUT2D eigenvalue weighted by atomic mass is 35.5. The summed E-state index contributed by atoms with van der Waals surface area (Å²) in [5.41, 5.74) is 1.07. The number of rotatable bonds is 4. The minimum atomic E-state index is -0.693. The van der Waals surface area contributed by atoms with Crippen molar-refractivity contribution < 1.29 is 14.3 Å². The zero-order chi connectivity index (χ0) is 18.0. The number of likely N-dealkylation sites (N-methyl/N-ethyl adjacent to an activating group) is 1. The minimum Gasteiger partial charge on any atom is -0.355 e. The first-order valence-electron chi connectivity index (χ1n) is 7.66. The number of nitrogens with one attached hydrogen (secondary N) is 1. The molecular weight excluding hydrogens is 348 g/mol. The number of amides is 2. The van der Waals surface area contributed by atoms with Gasteiger partial charge < -0.3 is 15.0 Å². The molecule has 1 aliphatic heterocycles. The fourth-order valence-electron chi connectivity index (χ4n) is 2.54. The second kappa shape index (κ2) is 7.16. The Balaban J connectivity index is 1.69. The van der Waals surface area contributed by atoms with Gasteiger partial charge in [-0.2, -0.15) is 0 Å². The third-order valence-corrected chi connectivity index (χ3v) is 4.18. The van der Waals surface area contributed by atoms with E-state index in [2.05, 4.69) is 20.8 Å². The first-order valence-corrected chi connectivity index (χ1v) is 8.04. The van der Waals surface area contributed by atoms with Crippen LogP contribution in [-0.2, 0) is 14.3 Å². The Hall–Kier alpha value is -2.52. The van der Waals surface area contributed by atoms with Crippen LogP contribution in [0.4, 0.5) is 5.69 Å². The maximum atomic E-state index is 12.4. The maximum absolute atomic E-state index is 12.4. The highest BCUT2D eigenvalue weighted by Gasteiger charge is 2.35. The van der Waals surface area contributed by atoms with E-state index in [1.165, 1.54) is 15.9 Å². The smallest absolute Gasteiger partial charge is 0.253 e. The molecule has 2 aromatic rings. The molecule has 0 aliphatic carbocycles. The summed E-state index contributed by atoms with van der Waals surface area (Å²) in [4.78, 5) is 25.8. The zero-order valence-electron chi connectivity index (χ0n) is 13.7. The SMILES string of the molecule is CN(C)C(=O)[C@H]1CC[C@@H](C(=O)Nc2cc(-n3cnnn3)ccc2Cl)O1. The molecule has 9 nitrogen and oxygen atoms in total. The predicted octanol–water partition coefficient (Wildman–Crippen LogP) is 0.890. The maximum Gasteiger partial charge on any atom is 0.253 e. The number of hydrogen-bond acceptors (Lipinski definition) is 6. The highest BCUT2D eigenvalue weighted by Crippen LogP contribution is 2.27. The van der Waals surface area contributed by atoms with E-state index in [9.17, 15) is 9.59 Å². The van der Waals surface area contributed by atoms with Crippen molar-refractivity contribution in [2.75, 3.05) is 19.4 Å². The summed E-state index contributed by atoms with van der Waals surface area (Å²) < 4.78 is 7.03. The lowest BCUT2D eigenvalue weighted by Gasteiger charge is -2.17. The number of halogens is 1. The second-order valence-corrected chi connectivity index (χ2v) is 6.24. The van der Waals surface area contributed by atoms with Crippen LogP contribution in [0.2, 0.25) is 5.02 Å². The summed E-state index contributed by atoms with van der Waals surface area (Å²) >= 11 is 6.15. The molecule has 2 heterocycles. The Morgan fingerprint density at radius 3 is 2.76 bits per heavy atom. The van der Waals surface area contributed by atoms with Crippen molar-refractivity contribution in [1.82, 2.24) is 25.1 Å². The monoisotopic (exact) mass is 364 g/mol. The fourth-order valence-corrected chi connectivity index (χ4v) is 2.71. The molecule has 1 fully saturated rings. The first-order chi connectivity index (χ1) is 12.0. The van der Waals surface area contributed by atoms with Crippen LogP contribution in [0.1, 0.15) is 12.8 Å². The van der Waals surface area contributed by atoms with Gasteiger partial charge >= 0.3 is 0 Å². The van der Waals surface area contributed by atoms with Gasteiger partial charge in [0.1, 0.15) is 18.5 Å². The van der Waals surface area contributed by atoms with Crippen LogP contribution in [0.25, 0.3) is 5.69 Å². The number of tetrazole rings is 1. The van der Waals surface area contributed by atoms with Crippen LogP contribution in [0.15, 0.2) is 24.5 Å². The zero-order valence-corrected chi connectivity index (χ0v) is 14.5. The number of nitrogens with zero attached hydrogens (tertiary/aromatic N) is 5. The van der Waals surface area contributed by atoms with E-state index >= 15 is 0 Å². The molecule has 10 heteroatoms. The molecule has 0 radical (unpaired) electrons. The van der Waals surface area contributed by atoms with Crippen molar-refractivity contribution >= 4 is 29.1 Å². The largest absolute Gasteiger partial charge is 0.355 e. The van der Waals surface area contributed by atoms with Crippen molar-refractivity contribution in [2.24, 2.45) is 0 Å². The van der Waals surface area contributed by atoms with Gasteiger partial charge in [-0.05, 0) is 41.5 Å². The number of benzene rings is 1. The normalized spacial score (nSPS) is 19.6. The van der Waals surface area contributed by atoms with Crippen molar-refractivity contribution in [3.63, 3.8) is 0 Å². The van der Waals surface area contributed by atoms with Gasteiger partial charge in [0.05, 0.1) is 16.4 Å². The third-order valence-electron chi connectivity index (χ3n) is 3.85. The molecule has 1 aliphatic rings. The van der Waals surface area contributed by atoms with Gasteiger partial charge in [-0.15, -0.1) is 5.10 Å². The standard InChI is InChI=1S/C15H17ClN6O3/c1-21(2)15(24)13-6-5-12(25-13)14(23)18-11-7-9(3-4-10(11)16)22-8-17-19-20-22/h3-4,7-8,12-13H,5-6H2,1-2H3,(H,18,23)/t12-,13+/m0/s1. The molecule has 132 valence electrons. The predicted molar refractivity (Wildman–Crippen MR) is 89.4 cm³/mol. The lowest BCUT2D eigenvalue weighted by molar-refractivity contribution is -0.143. The molecule has 2 atom stereocenters. The quantitative estimate of drug-likeness (QED) is 0.864. The second-order valence-electron chi connectivity index (χ2n) is 5.83. The molecular formula is C15H17ClN6O3. The van der Waals surface area contributed by atoms with E-state index in [1.54, 1.807) is 32.3 Å². The van der Waals surface area contributed by atoms with Gasteiger partial charge in [0.25, 0.3) is 11.8 Å². The average Bonchev–Trinajstić information content (AvgIpc) is 3.27. The van der Waals surface area contributed by atoms with Crippen LogP contribution in [0, 0.1) is 0 Å². The molecule has 2 amide bonds. The van der Waals surface area contributed by atoms with Crippen molar-refractivity contribution in [3.8, 4) is 5.69 Å². The van der Waals surface area contributed by atoms with Gasteiger partial charge in [0, 0.05) is 14.1 Å². The van der Waals surface area contributed by atoms with Crippen molar-refractivity contribution in [1.29, 1.82) is 0 Å². The van der Waals surface area contributed by atoms with Gasteiger partial charge in [0.15, 0.2) is 0 Å². The van der Waals surface area contributed by atoms with Crippen LogP contribution in [0.5, 0.6) is 0 Å². The van der Waals surface area contributed by atoms with E-state index in [-0.39, 0.29) is 11.8 Å². The van der Waals surface area contributed by atoms with Gasteiger partial charge in [-0.25, -0.2) is 4.68 Å². The van der Waals surface area contributed by atoms with E-state index in [0.717, 1.165) is 0 Å². The first kappa shape index (κ1) is 17.3. The number of ether oxygens (including phenoxy) is 1. The molecule has 0 saturated carbocycles. The fraction of sp³-hybridized carbons (Fsp3) is 0.400. The molecule has 1 N–H and O–H groups in total. The van der Waals surface area contributed by atoms with Gasteiger partial charge in [0.2, 0.25) is 0 Å².